The molecule has 5 rings (SSSR count). The summed E-state index contributed by atoms with van der Waals surface area (Å²) in [6.07, 6.45) is 8.96. The van der Waals surface area contributed by atoms with Gasteiger partial charge >= 0.3 is 0 Å². The first kappa shape index (κ1) is 22.1. The lowest BCUT2D eigenvalue weighted by Gasteiger charge is -2.33. The van der Waals surface area contributed by atoms with Gasteiger partial charge in [0.05, 0.1) is 43.3 Å². The Morgan fingerprint density at radius 2 is 2.06 bits per heavy atom. The number of nitrogens with one attached hydrogen (secondary N) is 1. The van der Waals surface area contributed by atoms with Crippen molar-refractivity contribution in [2.75, 3.05) is 23.4 Å². The highest BCUT2D eigenvalue weighted by Gasteiger charge is 2.33. The van der Waals surface area contributed by atoms with Crippen LogP contribution >= 0.6 is 0 Å². The van der Waals surface area contributed by atoms with Crippen LogP contribution < -0.4 is 10.2 Å². The Morgan fingerprint density at radius 1 is 1.21 bits per heavy atom. The lowest BCUT2D eigenvalue weighted by Crippen LogP contribution is -2.38. The molecule has 1 saturated carbocycles. The number of pyridine rings is 1. The van der Waals surface area contributed by atoms with Gasteiger partial charge in [-0.1, -0.05) is 18.2 Å². The second kappa shape index (κ2) is 9.65. The first-order chi connectivity index (χ1) is 16.1. The molecule has 1 amide bonds. The van der Waals surface area contributed by atoms with Crippen molar-refractivity contribution < 1.29 is 14.3 Å². The fraction of sp³-hybridized carbons (Fsp3) is 0.481. The maximum atomic E-state index is 13.9. The molecule has 1 aromatic carbocycles. The van der Waals surface area contributed by atoms with Crippen molar-refractivity contribution in [3.8, 4) is 0 Å². The quantitative estimate of drug-likeness (QED) is 0.674. The monoisotopic (exact) mass is 447 g/mol. The summed E-state index contributed by atoms with van der Waals surface area (Å²) in [5.41, 5.74) is 5.33. The van der Waals surface area contributed by atoms with Crippen LogP contribution in [0.5, 0.6) is 0 Å². The molecule has 3 heterocycles. The van der Waals surface area contributed by atoms with Crippen LogP contribution in [-0.4, -0.2) is 36.3 Å². The van der Waals surface area contributed by atoms with Crippen LogP contribution in [0.4, 0.5) is 17.2 Å². The van der Waals surface area contributed by atoms with Crippen molar-refractivity contribution >= 4 is 28.7 Å². The summed E-state index contributed by atoms with van der Waals surface area (Å²) in [5.74, 6) is 1.05. The summed E-state index contributed by atoms with van der Waals surface area (Å²) in [6.45, 7) is 6.06. The van der Waals surface area contributed by atoms with Crippen LogP contribution in [0.2, 0.25) is 0 Å². The Kier molecular flexibility index (Phi) is 6.47. The van der Waals surface area contributed by atoms with E-state index in [0.29, 0.717) is 13.2 Å². The zero-order valence-electron chi connectivity index (χ0n) is 19.5. The van der Waals surface area contributed by atoms with Crippen molar-refractivity contribution in [3.63, 3.8) is 0 Å². The third kappa shape index (κ3) is 4.82. The molecule has 0 radical (unpaired) electrons. The number of hydrogen-bond acceptors (Lipinski definition) is 5. The average molecular weight is 448 g/mol. The summed E-state index contributed by atoms with van der Waals surface area (Å²) in [4.78, 5) is 20.4. The molecule has 1 aliphatic carbocycles. The van der Waals surface area contributed by atoms with Crippen LogP contribution in [0.25, 0.3) is 5.57 Å². The Balaban J connectivity index is 1.45. The zero-order valence-corrected chi connectivity index (χ0v) is 19.5. The lowest BCUT2D eigenvalue weighted by molar-refractivity contribution is -0.124. The number of ether oxygens (including phenoxy) is 2. The van der Waals surface area contributed by atoms with Gasteiger partial charge in [0.25, 0.3) is 0 Å². The topological polar surface area (TPSA) is 63.7 Å². The largest absolute Gasteiger partial charge is 0.377 e. The Labute approximate surface area is 196 Å². The molecule has 174 valence electrons. The molecule has 6 heteroatoms. The molecule has 3 aliphatic rings. The van der Waals surface area contributed by atoms with E-state index in [-0.39, 0.29) is 24.0 Å². The normalized spacial score (nSPS) is 22.6. The van der Waals surface area contributed by atoms with Gasteiger partial charge in [0.1, 0.15) is 5.82 Å². The van der Waals surface area contributed by atoms with Gasteiger partial charge in [-0.3, -0.25) is 4.79 Å². The van der Waals surface area contributed by atoms with Crippen molar-refractivity contribution in [2.24, 2.45) is 5.92 Å². The van der Waals surface area contributed by atoms with Crippen LogP contribution in [-0.2, 0) is 20.8 Å². The van der Waals surface area contributed by atoms with E-state index in [1.807, 2.05) is 11.0 Å². The number of amides is 1. The van der Waals surface area contributed by atoms with Gasteiger partial charge in [-0.05, 0) is 75.3 Å². The SMILES string of the molecule is CC(C)OC1CCC(C(=O)N2Cc3cccnc3Nc3ccc(C4=CCOCC4)cc32)CC1. The standard InChI is InChI=1S/C27H33N3O3/c1-18(2)33-23-8-5-20(6-9-23)27(31)30-17-22-4-3-13-28-26(22)29-24-10-7-21(16-25(24)30)19-11-14-32-15-12-19/h3-4,7,10-11,13,16,18,20,23H,5-6,8-9,12,14-15,17H2,1-2H3,(H,28,29). The Morgan fingerprint density at radius 3 is 2.82 bits per heavy atom. The van der Waals surface area contributed by atoms with Crippen molar-refractivity contribution in [1.29, 1.82) is 0 Å². The van der Waals surface area contributed by atoms with E-state index in [0.717, 1.165) is 67.0 Å². The maximum Gasteiger partial charge on any atom is 0.230 e. The molecule has 0 saturated heterocycles. The summed E-state index contributed by atoms with van der Waals surface area (Å²) in [6, 6.07) is 10.4. The predicted octanol–water partition coefficient (Wildman–Crippen LogP) is 5.46. The first-order valence-corrected chi connectivity index (χ1v) is 12.2. The Hall–Kier alpha value is -2.70. The number of carbonyl (C=O) groups excluding carboxylic acids is 1. The van der Waals surface area contributed by atoms with Gasteiger partial charge in [-0.15, -0.1) is 0 Å². The minimum absolute atomic E-state index is 0.0223. The van der Waals surface area contributed by atoms with Crippen molar-refractivity contribution in [2.45, 2.75) is 64.7 Å². The fourth-order valence-corrected chi connectivity index (χ4v) is 5.16. The third-order valence-corrected chi connectivity index (χ3v) is 6.85. The number of aromatic nitrogens is 1. The van der Waals surface area contributed by atoms with Gasteiger partial charge < -0.3 is 19.7 Å². The number of fused-ring (bicyclic) bond motifs is 2. The average Bonchev–Trinajstić information content (AvgIpc) is 3.00. The van der Waals surface area contributed by atoms with Crippen LogP contribution in [0.1, 0.15) is 57.1 Å². The molecular weight excluding hydrogens is 414 g/mol. The molecule has 1 fully saturated rings. The molecule has 2 aliphatic heterocycles. The highest BCUT2D eigenvalue weighted by Crippen LogP contribution is 2.39. The van der Waals surface area contributed by atoms with Gasteiger partial charge in [0.15, 0.2) is 0 Å². The number of hydrogen-bond donors (Lipinski definition) is 1. The minimum Gasteiger partial charge on any atom is -0.377 e. The predicted molar refractivity (Wildman–Crippen MR) is 131 cm³/mol. The summed E-state index contributed by atoms with van der Waals surface area (Å²) in [7, 11) is 0. The van der Waals surface area contributed by atoms with E-state index >= 15 is 0 Å². The molecule has 6 nitrogen and oxygen atoms in total. The van der Waals surface area contributed by atoms with E-state index in [1.165, 1.54) is 5.57 Å². The number of anilines is 3. The van der Waals surface area contributed by atoms with E-state index in [9.17, 15) is 4.79 Å². The zero-order chi connectivity index (χ0) is 22.8. The van der Waals surface area contributed by atoms with Crippen molar-refractivity contribution in [3.05, 3.63) is 53.7 Å². The van der Waals surface area contributed by atoms with E-state index in [2.05, 4.69) is 54.5 Å². The molecule has 0 spiro atoms. The molecule has 33 heavy (non-hydrogen) atoms. The first-order valence-electron chi connectivity index (χ1n) is 12.2. The Bertz CT molecular complexity index is 1040. The smallest absolute Gasteiger partial charge is 0.230 e. The minimum atomic E-state index is 0.0223. The van der Waals surface area contributed by atoms with Gasteiger partial charge in [0, 0.05) is 17.7 Å². The van der Waals surface area contributed by atoms with Crippen molar-refractivity contribution in [1.82, 2.24) is 4.98 Å². The van der Waals surface area contributed by atoms with Gasteiger partial charge in [-0.2, -0.15) is 0 Å². The van der Waals surface area contributed by atoms with E-state index in [1.54, 1.807) is 6.20 Å². The third-order valence-electron chi connectivity index (χ3n) is 6.85. The van der Waals surface area contributed by atoms with Crippen LogP contribution in [0, 0.1) is 5.92 Å². The molecule has 1 N–H and O–H groups in total. The van der Waals surface area contributed by atoms with Crippen LogP contribution in [0.15, 0.2) is 42.6 Å². The highest BCUT2D eigenvalue weighted by molar-refractivity contribution is 6.00. The second-order valence-electron chi connectivity index (χ2n) is 9.51. The number of carbonyl (C=O) groups is 1. The molecule has 0 bridgehead atoms. The highest BCUT2D eigenvalue weighted by atomic mass is 16.5. The molecular formula is C27H33N3O3. The van der Waals surface area contributed by atoms with Crippen LogP contribution in [0.3, 0.4) is 0 Å². The molecule has 0 atom stereocenters. The second-order valence-corrected chi connectivity index (χ2v) is 9.51. The number of nitrogens with zero attached hydrogens (tertiary/aromatic N) is 2. The summed E-state index contributed by atoms with van der Waals surface area (Å²) >= 11 is 0. The van der Waals surface area contributed by atoms with Gasteiger partial charge in [0.2, 0.25) is 5.91 Å². The summed E-state index contributed by atoms with van der Waals surface area (Å²) in [5, 5.41) is 3.48. The number of rotatable bonds is 4. The lowest BCUT2D eigenvalue weighted by atomic mass is 9.86. The molecule has 0 unspecified atom stereocenters. The van der Waals surface area contributed by atoms with E-state index < -0.39 is 0 Å². The summed E-state index contributed by atoms with van der Waals surface area (Å²) < 4.78 is 11.5. The molecule has 2 aromatic rings. The molecule has 1 aromatic heterocycles. The van der Waals surface area contributed by atoms with Gasteiger partial charge in [-0.25, -0.2) is 4.98 Å². The fourth-order valence-electron chi connectivity index (χ4n) is 5.16. The maximum absolute atomic E-state index is 13.9. The van der Waals surface area contributed by atoms with E-state index in [4.69, 9.17) is 9.47 Å². The number of benzene rings is 1.